The topological polar surface area (TPSA) is 56.1 Å². The molecule has 7 heteroatoms. The number of urea groups is 1. The summed E-state index contributed by atoms with van der Waals surface area (Å²) >= 11 is 5.96. The van der Waals surface area contributed by atoms with E-state index in [0.29, 0.717) is 23.7 Å². The minimum atomic E-state index is -0.494. The van der Waals surface area contributed by atoms with E-state index in [0.717, 1.165) is 49.8 Å². The van der Waals surface area contributed by atoms with Gasteiger partial charge in [0.2, 0.25) is 0 Å². The number of benzene rings is 2. The van der Waals surface area contributed by atoms with E-state index < -0.39 is 5.82 Å². The molecule has 3 fully saturated rings. The van der Waals surface area contributed by atoms with Gasteiger partial charge in [-0.3, -0.25) is 0 Å². The minimum Gasteiger partial charge on any atom is -0.325 e. The number of likely N-dealkylation sites (tertiary alicyclic amines) is 1. The molecule has 1 aliphatic heterocycles. The summed E-state index contributed by atoms with van der Waals surface area (Å²) in [4.78, 5) is 15.6. The van der Waals surface area contributed by atoms with Crippen molar-refractivity contribution in [3.8, 4) is 6.07 Å². The van der Waals surface area contributed by atoms with Crippen LogP contribution in [0.1, 0.15) is 56.1 Å². The third kappa shape index (κ3) is 5.10. The van der Waals surface area contributed by atoms with Crippen molar-refractivity contribution >= 4 is 23.3 Å². The Morgan fingerprint density at radius 3 is 2.78 bits per heavy atom. The second-order valence-electron chi connectivity index (χ2n) is 11.3. The van der Waals surface area contributed by atoms with Crippen molar-refractivity contribution in [2.24, 2.45) is 5.92 Å². The molecule has 2 saturated carbocycles. The fourth-order valence-electron chi connectivity index (χ4n) is 6.61. The Morgan fingerprint density at radius 2 is 2.06 bits per heavy atom. The van der Waals surface area contributed by atoms with Crippen LogP contribution in [-0.2, 0) is 5.41 Å². The highest BCUT2D eigenvalue weighted by atomic mass is 35.5. The molecule has 2 amide bonds. The molecule has 3 atom stereocenters. The number of nitrogens with one attached hydrogen (secondary N) is 1. The highest BCUT2D eigenvalue weighted by molar-refractivity contribution is 6.31. The molecule has 0 bridgehead atoms. The molecular weight excluding hydrogens is 475 g/mol. The molecule has 5 rings (SSSR count). The monoisotopic (exact) mass is 509 g/mol. The standard InChI is InChI=1S/C29H34ClFN4O/c1-35(13-3-2-4-14-35)15-12-34(28(36)33-24-8-9-27(31)26(30)18-24)25-10-11-29(19-23(29)17-25)22-7-5-6-21(16-22)20-32/h5-9,16,18,23,25H,2-4,10-15,17,19H2,1H3/p+1/t23?,25?,29-/m1/s1. The number of likely N-dealkylation sites (N-methyl/N-ethyl adjacent to an activating group) is 1. The van der Waals surface area contributed by atoms with E-state index in [-0.39, 0.29) is 22.5 Å². The quantitative estimate of drug-likeness (QED) is 0.463. The van der Waals surface area contributed by atoms with Crippen LogP contribution in [0.3, 0.4) is 0 Å². The Morgan fingerprint density at radius 1 is 1.25 bits per heavy atom. The first-order valence-corrected chi connectivity index (χ1v) is 13.6. The van der Waals surface area contributed by atoms with Gasteiger partial charge in [-0.2, -0.15) is 5.26 Å². The van der Waals surface area contributed by atoms with E-state index in [1.54, 1.807) is 6.07 Å². The van der Waals surface area contributed by atoms with E-state index in [1.165, 1.54) is 37.0 Å². The van der Waals surface area contributed by atoms with Crippen LogP contribution in [0.15, 0.2) is 42.5 Å². The summed E-state index contributed by atoms with van der Waals surface area (Å²) in [6.45, 7) is 3.96. The first kappa shape index (κ1) is 25.0. The van der Waals surface area contributed by atoms with Crippen LogP contribution in [-0.4, -0.2) is 54.7 Å². The molecular formula is C29H35ClFN4O+. The van der Waals surface area contributed by atoms with Crippen molar-refractivity contribution in [3.63, 3.8) is 0 Å². The van der Waals surface area contributed by atoms with Gasteiger partial charge in [0.15, 0.2) is 0 Å². The summed E-state index contributed by atoms with van der Waals surface area (Å²) in [5, 5.41) is 12.3. The zero-order valence-electron chi connectivity index (χ0n) is 21.0. The molecule has 0 aromatic heterocycles. The van der Waals surface area contributed by atoms with Gasteiger partial charge in [0.1, 0.15) is 5.82 Å². The van der Waals surface area contributed by atoms with Crippen LogP contribution in [0, 0.1) is 23.1 Å². The van der Waals surface area contributed by atoms with E-state index >= 15 is 0 Å². The number of amides is 2. The predicted octanol–water partition coefficient (Wildman–Crippen LogP) is 6.33. The van der Waals surface area contributed by atoms with Gasteiger partial charge in [-0.25, -0.2) is 9.18 Å². The van der Waals surface area contributed by atoms with Crippen LogP contribution < -0.4 is 5.32 Å². The van der Waals surface area contributed by atoms with Gasteiger partial charge in [0, 0.05) is 11.7 Å². The molecule has 1 saturated heterocycles. The fourth-order valence-corrected chi connectivity index (χ4v) is 6.79. The fraction of sp³-hybridized carbons (Fsp3) is 0.517. The largest absolute Gasteiger partial charge is 0.325 e. The SMILES string of the molecule is C[N+]1(CCN(C(=O)Nc2ccc(F)c(Cl)c2)C2CC[C@]3(c4cccc(C#N)c4)CC3C2)CCCCC1. The lowest BCUT2D eigenvalue weighted by molar-refractivity contribution is -0.913. The Hall–Kier alpha value is -2.62. The second-order valence-corrected chi connectivity index (χ2v) is 11.7. The van der Waals surface area contributed by atoms with Gasteiger partial charge in [-0.15, -0.1) is 0 Å². The Balaban J connectivity index is 1.31. The molecule has 2 aromatic rings. The predicted molar refractivity (Wildman–Crippen MR) is 140 cm³/mol. The van der Waals surface area contributed by atoms with E-state index in [4.69, 9.17) is 11.6 Å². The number of carbonyl (C=O) groups excluding carboxylic acids is 1. The van der Waals surface area contributed by atoms with Crippen LogP contribution in [0.25, 0.3) is 0 Å². The van der Waals surface area contributed by atoms with Gasteiger partial charge in [-0.1, -0.05) is 23.7 Å². The summed E-state index contributed by atoms with van der Waals surface area (Å²) in [6, 6.07) is 14.7. The third-order valence-corrected chi connectivity index (χ3v) is 9.22. The minimum absolute atomic E-state index is 0.00534. The molecule has 36 heavy (non-hydrogen) atoms. The molecule has 1 heterocycles. The number of hydrogen-bond acceptors (Lipinski definition) is 2. The maximum Gasteiger partial charge on any atom is 0.322 e. The molecule has 2 unspecified atom stereocenters. The van der Waals surface area contributed by atoms with Crippen LogP contribution in [0.2, 0.25) is 5.02 Å². The zero-order valence-corrected chi connectivity index (χ0v) is 21.7. The maximum atomic E-state index is 13.7. The third-order valence-electron chi connectivity index (χ3n) is 8.93. The van der Waals surface area contributed by atoms with Crippen molar-refractivity contribution in [1.29, 1.82) is 5.26 Å². The number of fused-ring (bicyclic) bond motifs is 1. The first-order chi connectivity index (χ1) is 17.3. The number of anilines is 1. The Kier molecular flexibility index (Phi) is 6.98. The summed E-state index contributed by atoms with van der Waals surface area (Å²) < 4.78 is 14.7. The number of carbonyl (C=O) groups is 1. The van der Waals surface area contributed by atoms with Crippen LogP contribution in [0.5, 0.6) is 0 Å². The molecule has 1 N–H and O–H groups in total. The van der Waals surface area contributed by atoms with Crippen LogP contribution >= 0.6 is 11.6 Å². The molecule has 0 radical (unpaired) electrons. The second kappa shape index (κ2) is 10.0. The van der Waals surface area contributed by atoms with Crippen molar-refractivity contribution < 1.29 is 13.7 Å². The van der Waals surface area contributed by atoms with Gasteiger partial charge in [0.05, 0.1) is 49.9 Å². The summed E-state index contributed by atoms with van der Waals surface area (Å²) in [5.41, 5.74) is 2.65. The van der Waals surface area contributed by atoms with Crippen molar-refractivity contribution in [2.75, 3.05) is 38.5 Å². The molecule has 190 valence electrons. The van der Waals surface area contributed by atoms with Gasteiger partial charge >= 0.3 is 6.03 Å². The van der Waals surface area contributed by atoms with Gasteiger partial charge in [0.25, 0.3) is 0 Å². The molecule has 2 aliphatic carbocycles. The molecule has 2 aromatic carbocycles. The number of nitrogens with zero attached hydrogens (tertiary/aromatic N) is 3. The summed E-state index contributed by atoms with van der Waals surface area (Å²) in [6.07, 6.45) is 7.83. The summed E-state index contributed by atoms with van der Waals surface area (Å²) in [7, 11) is 2.31. The van der Waals surface area contributed by atoms with Gasteiger partial charge < -0.3 is 14.7 Å². The van der Waals surface area contributed by atoms with Crippen molar-refractivity contribution in [3.05, 3.63) is 64.4 Å². The van der Waals surface area contributed by atoms with E-state index in [2.05, 4.69) is 24.5 Å². The van der Waals surface area contributed by atoms with Crippen molar-refractivity contribution in [2.45, 2.75) is 56.4 Å². The number of nitriles is 1. The van der Waals surface area contributed by atoms with E-state index in [1.807, 2.05) is 23.1 Å². The average Bonchev–Trinajstić information content (AvgIpc) is 3.62. The number of rotatable bonds is 6. The average molecular weight is 510 g/mol. The molecule has 0 spiro atoms. The zero-order chi connectivity index (χ0) is 25.3. The van der Waals surface area contributed by atoms with Crippen molar-refractivity contribution in [1.82, 2.24) is 4.90 Å². The Bertz CT molecular complexity index is 1170. The number of hydrogen-bond donors (Lipinski definition) is 1. The van der Waals surface area contributed by atoms with Gasteiger partial charge in [-0.05, 0) is 92.2 Å². The smallest absolute Gasteiger partial charge is 0.322 e. The summed E-state index contributed by atoms with van der Waals surface area (Å²) in [5.74, 6) is 0.0346. The van der Waals surface area contributed by atoms with E-state index in [9.17, 15) is 14.4 Å². The lowest BCUT2D eigenvalue weighted by atomic mass is 9.80. The number of piperidine rings is 1. The normalized spacial score (nSPS) is 26.4. The molecule has 3 aliphatic rings. The highest BCUT2D eigenvalue weighted by Gasteiger charge is 2.58. The Labute approximate surface area is 218 Å². The number of quaternary nitrogens is 1. The molecule has 5 nitrogen and oxygen atoms in total. The highest BCUT2D eigenvalue weighted by Crippen LogP contribution is 2.62. The number of halogens is 2. The lowest BCUT2D eigenvalue weighted by Gasteiger charge is -2.42. The van der Waals surface area contributed by atoms with Crippen LogP contribution in [0.4, 0.5) is 14.9 Å². The lowest BCUT2D eigenvalue weighted by Crippen LogP contribution is -2.54. The first-order valence-electron chi connectivity index (χ1n) is 13.2. The maximum absolute atomic E-state index is 13.7.